The molecular weight excluding hydrogens is 405 g/mol. The van der Waals surface area contributed by atoms with Crippen molar-refractivity contribution in [3.05, 3.63) is 94.3 Å². The molecule has 0 radical (unpaired) electrons. The van der Waals surface area contributed by atoms with Gasteiger partial charge >= 0.3 is 0 Å². The summed E-state index contributed by atoms with van der Waals surface area (Å²) in [4.78, 5) is 0. The lowest BCUT2D eigenvalue weighted by atomic mass is 9.80. The molecule has 1 atom stereocenters. The van der Waals surface area contributed by atoms with Gasteiger partial charge in [0.15, 0.2) is 0 Å². The SMILES string of the molecule is C=C(CC(C)(C)c1ccccc1)[N+]1([C-]=Ic2ccccc2)C=CC1. The first-order valence-electron chi connectivity index (χ1n) is 8.27. The normalized spacial score (nSPS) is 20.4. The first kappa shape index (κ1) is 17.3. The molecule has 2 heteroatoms. The molecule has 1 nitrogen and oxygen atoms in total. The molecule has 1 unspecified atom stereocenters. The van der Waals surface area contributed by atoms with E-state index >= 15 is 0 Å². The number of rotatable bonds is 6. The maximum absolute atomic E-state index is 4.45. The highest BCUT2D eigenvalue weighted by molar-refractivity contribution is 14.2. The Morgan fingerprint density at radius 1 is 1.08 bits per heavy atom. The van der Waals surface area contributed by atoms with Crippen molar-refractivity contribution < 1.29 is 4.48 Å². The predicted octanol–water partition coefficient (Wildman–Crippen LogP) is 5.69. The van der Waals surface area contributed by atoms with E-state index in [4.69, 9.17) is 0 Å². The van der Waals surface area contributed by atoms with Crippen molar-refractivity contribution in [1.82, 2.24) is 0 Å². The average molecular weight is 429 g/mol. The lowest BCUT2D eigenvalue weighted by molar-refractivity contribution is -0.750. The summed E-state index contributed by atoms with van der Waals surface area (Å²) in [6, 6.07) is 21.4. The van der Waals surface area contributed by atoms with Crippen LogP contribution in [0.1, 0.15) is 25.8 Å². The Kier molecular flexibility index (Phi) is 5.16. The summed E-state index contributed by atoms with van der Waals surface area (Å²) in [5, 5.41) is 0. The molecule has 1 heterocycles. The van der Waals surface area contributed by atoms with Gasteiger partial charge in [0.25, 0.3) is 0 Å². The Hall–Kier alpha value is -1.52. The summed E-state index contributed by atoms with van der Waals surface area (Å²) in [6.07, 6.45) is 5.43. The van der Waals surface area contributed by atoms with Gasteiger partial charge in [-0.2, -0.15) is 4.14 Å². The van der Waals surface area contributed by atoms with Crippen LogP contribution in [0.25, 0.3) is 0 Å². The van der Waals surface area contributed by atoms with Crippen molar-refractivity contribution in [3.8, 4) is 0 Å². The van der Waals surface area contributed by atoms with Gasteiger partial charge in [-0.3, -0.25) is 20.7 Å². The molecule has 0 N–H and O–H groups in total. The van der Waals surface area contributed by atoms with Crippen LogP contribution < -0.4 is 0 Å². The van der Waals surface area contributed by atoms with E-state index in [-0.39, 0.29) is 26.1 Å². The van der Waals surface area contributed by atoms with Crippen molar-refractivity contribution >= 4 is 24.9 Å². The molecule has 0 saturated carbocycles. The minimum atomic E-state index is -0.240. The molecule has 0 spiro atoms. The fraction of sp³-hybridized carbons (Fsp3) is 0.227. The van der Waals surface area contributed by atoms with Gasteiger partial charge in [-0.1, -0.05) is 74.5 Å². The van der Waals surface area contributed by atoms with Gasteiger partial charge in [-0.15, -0.1) is 0 Å². The maximum Gasteiger partial charge on any atom is 0.0892 e. The smallest absolute Gasteiger partial charge is 0.0892 e. The van der Waals surface area contributed by atoms with Crippen molar-refractivity contribution in [2.75, 3.05) is 6.54 Å². The Bertz CT molecular complexity index is 759. The number of allylic oxidation sites excluding steroid dienone is 1. The molecule has 0 saturated heterocycles. The third-order valence-corrected chi connectivity index (χ3v) is 7.00. The average Bonchev–Trinajstić information content (AvgIpc) is 2.55. The van der Waals surface area contributed by atoms with Crippen molar-refractivity contribution in [3.63, 3.8) is 0 Å². The molecule has 0 amide bonds. The number of benzene rings is 2. The molecule has 124 valence electrons. The van der Waals surface area contributed by atoms with Gasteiger partial charge in [0.2, 0.25) is 0 Å². The van der Waals surface area contributed by atoms with Crippen molar-refractivity contribution in [2.24, 2.45) is 0 Å². The summed E-state index contributed by atoms with van der Waals surface area (Å²) in [5.74, 6) is 0. The molecule has 0 bridgehead atoms. The van der Waals surface area contributed by atoms with Gasteiger partial charge < -0.3 is 4.48 Å². The van der Waals surface area contributed by atoms with Crippen LogP contribution in [0, 0.1) is 3.57 Å². The van der Waals surface area contributed by atoms with Crippen LogP contribution in [-0.2, 0) is 5.41 Å². The highest BCUT2D eigenvalue weighted by Gasteiger charge is 2.30. The van der Waals surface area contributed by atoms with Gasteiger partial charge in [-0.25, -0.2) is 0 Å². The zero-order valence-corrected chi connectivity index (χ0v) is 16.5. The molecule has 3 rings (SSSR count). The number of halogens is 1. The van der Waals surface area contributed by atoms with Crippen LogP contribution in [0.15, 0.2) is 85.2 Å². The zero-order chi connectivity index (χ0) is 17.0. The second-order valence-corrected chi connectivity index (χ2v) is 9.17. The van der Waals surface area contributed by atoms with E-state index in [0.717, 1.165) is 17.4 Å². The molecule has 0 aromatic heterocycles. The maximum atomic E-state index is 4.45. The molecule has 1 aliphatic heterocycles. The molecule has 24 heavy (non-hydrogen) atoms. The number of nitrogens with zero attached hydrogens (tertiary/aromatic N) is 1. The van der Waals surface area contributed by atoms with E-state index in [1.54, 1.807) is 0 Å². The summed E-state index contributed by atoms with van der Waals surface area (Å²) in [6.45, 7) is 10.1. The van der Waals surface area contributed by atoms with Crippen LogP contribution >= 0.6 is 20.7 Å². The topological polar surface area (TPSA) is 0 Å². The summed E-state index contributed by atoms with van der Waals surface area (Å²) in [7, 11) is 0. The highest BCUT2D eigenvalue weighted by Crippen LogP contribution is 2.36. The first-order valence-corrected chi connectivity index (χ1v) is 10.4. The van der Waals surface area contributed by atoms with Crippen LogP contribution in [0.4, 0.5) is 0 Å². The number of quaternary nitrogens is 1. The van der Waals surface area contributed by atoms with E-state index in [9.17, 15) is 0 Å². The van der Waals surface area contributed by atoms with E-state index in [2.05, 4.69) is 97.5 Å². The monoisotopic (exact) mass is 429 g/mol. The Balaban J connectivity index is 1.77. The summed E-state index contributed by atoms with van der Waals surface area (Å²) in [5.41, 5.74) is 2.69. The minimum Gasteiger partial charge on any atom is -0.389 e. The second-order valence-electron chi connectivity index (χ2n) is 6.90. The molecule has 0 aliphatic carbocycles. The van der Waals surface area contributed by atoms with Gasteiger partial charge in [-0.05, 0) is 21.1 Å². The zero-order valence-electron chi connectivity index (χ0n) is 14.4. The van der Waals surface area contributed by atoms with Crippen LogP contribution in [0.3, 0.4) is 0 Å². The van der Waals surface area contributed by atoms with E-state index in [1.165, 1.54) is 14.8 Å². The third-order valence-electron chi connectivity index (χ3n) is 4.55. The van der Waals surface area contributed by atoms with E-state index in [0.29, 0.717) is 0 Å². The van der Waals surface area contributed by atoms with Crippen molar-refractivity contribution in [2.45, 2.75) is 25.7 Å². The number of hydrogen-bond acceptors (Lipinski definition) is 0. The Morgan fingerprint density at radius 3 is 2.21 bits per heavy atom. The summed E-state index contributed by atoms with van der Waals surface area (Å²) >= 11 is -0.240. The fourth-order valence-corrected chi connectivity index (χ4v) is 5.10. The minimum absolute atomic E-state index is 0.0831. The van der Waals surface area contributed by atoms with Crippen LogP contribution in [-0.4, -0.2) is 15.2 Å². The third kappa shape index (κ3) is 3.76. The van der Waals surface area contributed by atoms with E-state index < -0.39 is 0 Å². The number of hydrogen-bond donors (Lipinski definition) is 0. The lowest BCUT2D eigenvalue weighted by Gasteiger charge is -2.48. The van der Waals surface area contributed by atoms with Crippen molar-refractivity contribution in [1.29, 1.82) is 0 Å². The summed E-state index contributed by atoms with van der Waals surface area (Å²) < 4.78 is 5.93. The Morgan fingerprint density at radius 2 is 1.67 bits per heavy atom. The molecular formula is C22H24IN. The van der Waals surface area contributed by atoms with Gasteiger partial charge in [0, 0.05) is 12.5 Å². The first-order chi connectivity index (χ1) is 11.5. The standard InChI is InChI=1S/C22H24IN/c1-19(17-22(2,3)20-11-6-4-7-12-20)24(15-10-16-24)18-23-21-13-8-5-9-14-21/h4-15H,1,16-17H2,2-3H3. The van der Waals surface area contributed by atoms with Crippen LogP contribution in [0.5, 0.6) is 0 Å². The highest BCUT2D eigenvalue weighted by atomic mass is 127. The van der Waals surface area contributed by atoms with Gasteiger partial charge in [0.1, 0.15) is 0 Å². The quantitative estimate of drug-likeness (QED) is 0.315. The van der Waals surface area contributed by atoms with E-state index in [1.807, 2.05) is 0 Å². The molecule has 0 fully saturated rings. The van der Waals surface area contributed by atoms with Crippen LogP contribution in [0.2, 0.25) is 0 Å². The molecule has 1 aliphatic rings. The fourth-order valence-electron chi connectivity index (χ4n) is 2.92. The lowest BCUT2D eigenvalue weighted by Crippen LogP contribution is -2.46. The second kappa shape index (κ2) is 7.16. The largest absolute Gasteiger partial charge is 0.389 e. The predicted molar refractivity (Wildman–Crippen MR) is 112 cm³/mol. The van der Waals surface area contributed by atoms with Gasteiger partial charge in [0.05, 0.1) is 18.4 Å². The molecule has 2 aromatic rings. The molecule has 2 aromatic carbocycles. The Labute approximate surface area is 155 Å².